The molecule has 0 aromatic rings. The molecule has 4 nitrogen and oxygen atoms in total. The summed E-state index contributed by atoms with van der Waals surface area (Å²) in [6.45, 7) is 10.2. The van der Waals surface area contributed by atoms with Crippen molar-refractivity contribution in [3.63, 3.8) is 0 Å². The van der Waals surface area contributed by atoms with Crippen molar-refractivity contribution in [2.75, 3.05) is 20.3 Å². The van der Waals surface area contributed by atoms with Crippen LogP contribution < -0.4 is 0 Å². The van der Waals surface area contributed by atoms with E-state index in [0.717, 1.165) is 45.1 Å². The Bertz CT molecular complexity index is 606. The highest BCUT2D eigenvalue weighted by molar-refractivity contribution is 5.83. The summed E-state index contributed by atoms with van der Waals surface area (Å²) in [6.07, 6.45) is 11.2. The molecular formula is C27H48O4. The van der Waals surface area contributed by atoms with Crippen molar-refractivity contribution in [3.05, 3.63) is 0 Å². The number of hydrogen-bond acceptors (Lipinski definition) is 4. The molecule has 0 saturated heterocycles. The number of carbonyl (C=O) groups excluding carboxylic acids is 1. The summed E-state index contributed by atoms with van der Waals surface area (Å²) < 4.78 is 5.28. The van der Waals surface area contributed by atoms with E-state index in [1.54, 1.807) is 7.11 Å². The fraction of sp³-hybridized carbons (Fsp3) is 0.963. The van der Waals surface area contributed by atoms with E-state index in [1.165, 1.54) is 25.7 Å². The summed E-state index contributed by atoms with van der Waals surface area (Å²) in [4.78, 5) is 12.0. The summed E-state index contributed by atoms with van der Waals surface area (Å²) in [5.74, 6) is 3.65. The van der Waals surface area contributed by atoms with Crippen molar-refractivity contribution >= 4 is 5.78 Å². The summed E-state index contributed by atoms with van der Waals surface area (Å²) in [5.41, 5.74) is 0.563. The number of aliphatic hydroxyl groups is 2. The van der Waals surface area contributed by atoms with Gasteiger partial charge in [-0.3, -0.25) is 4.79 Å². The van der Waals surface area contributed by atoms with E-state index in [-0.39, 0.29) is 11.5 Å². The van der Waals surface area contributed by atoms with Crippen LogP contribution >= 0.6 is 0 Å². The molecule has 4 rings (SSSR count). The van der Waals surface area contributed by atoms with Gasteiger partial charge in [0.1, 0.15) is 5.78 Å². The number of rotatable bonds is 5. The van der Waals surface area contributed by atoms with Gasteiger partial charge in [0, 0.05) is 32.7 Å². The Morgan fingerprint density at radius 3 is 2.29 bits per heavy atom. The third kappa shape index (κ3) is 4.77. The van der Waals surface area contributed by atoms with Crippen LogP contribution in [0.3, 0.4) is 0 Å². The predicted molar refractivity (Wildman–Crippen MR) is 125 cm³/mol. The minimum atomic E-state index is -0.0837. The van der Waals surface area contributed by atoms with Gasteiger partial charge in [-0.05, 0) is 91.8 Å². The standard InChI is InChI=1S/C14H24O2.C13H24O2/c1-10(9-16-3)11-6-7-12-13(15)5-4-8-14(11,12)2;1-9(8-14)10-5-6-11-12(15)4-3-7-13(10,11)2/h10-12H,4-9H2,1-3H3;9-12,14-15H,3-8H2,1-2H3/t10-,11?,12?,14?;9-,10?,11?,12?,13?/m00/s1. The second-order valence-electron chi connectivity index (χ2n) is 11.9. The third-order valence-electron chi connectivity index (χ3n) is 10.2. The highest BCUT2D eigenvalue weighted by atomic mass is 16.5. The lowest BCUT2D eigenvalue weighted by Gasteiger charge is -2.45. The van der Waals surface area contributed by atoms with E-state index in [1.807, 2.05) is 0 Å². The molecule has 9 atom stereocenters. The van der Waals surface area contributed by atoms with E-state index < -0.39 is 0 Å². The van der Waals surface area contributed by atoms with Gasteiger partial charge in [0.15, 0.2) is 0 Å². The first-order chi connectivity index (χ1) is 14.7. The largest absolute Gasteiger partial charge is 0.396 e. The van der Waals surface area contributed by atoms with Gasteiger partial charge in [-0.1, -0.05) is 34.1 Å². The molecule has 0 heterocycles. The van der Waals surface area contributed by atoms with E-state index in [0.29, 0.717) is 53.3 Å². The van der Waals surface area contributed by atoms with Crippen LogP contribution in [0.4, 0.5) is 0 Å². The average Bonchev–Trinajstić information content (AvgIpc) is 3.27. The number of methoxy groups -OCH3 is 1. The van der Waals surface area contributed by atoms with Crippen LogP contribution in [0, 0.1) is 46.3 Å². The maximum absolute atomic E-state index is 12.0. The summed E-state index contributed by atoms with van der Waals surface area (Å²) in [6, 6.07) is 0. The number of hydrogen-bond donors (Lipinski definition) is 2. The molecule has 4 fully saturated rings. The van der Waals surface area contributed by atoms with Gasteiger partial charge >= 0.3 is 0 Å². The van der Waals surface area contributed by atoms with Crippen LogP contribution in [-0.2, 0) is 9.53 Å². The number of ether oxygens (including phenoxy) is 1. The summed E-state index contributed by atoms with van der Waals surface area (Å²) >= 11 is 0. The van der Waals surface area contributed by atoms with Gasteiger partial charge in [0.25, 0.3) is 0 Å². The van der Waals surface area contributed by atoms with Crippen molar-refractivity contribution < 1.29 is 19.7 Å². The Labute approximate surface area is 190 Å². The lowest BCUT2D eigenvalue weighted by Crippen LogP contribution is -2.41. The van der Waals surface area contributed by atoms with Crippen molar-refractivity contribution in [2.24, 2.45) is 46.3 Å². The Balaban J connectivity index is 0.000000176. The minimum Gasteiger partial charge on any atom is -0.396 e. The zero-order chi connectivity index (χ0) is 22.8. The lowest BCUT2D eigenvalue weighted by molar-refractivity contribution is -0.130. The molecule has 4 saturated carbocycles. The zero-order valence-electron chi connectivity index (χ0n) is 20.7. The third-order valence-corrected chi connectivity index (χ3v) is 10.2. The minimum absolute atomic E-state index is 0.0837. The maximum Gasteiger partial charge on any atom is 0.136 e. The SMILES string of the molecule is COC[C@H](C)C1CCC2C(=O)CCCC21C.C[C@@H](CO)C1CCC2C(O)CCCC21C. The second kappa shape index (κ2) is 10.2. The topological polar surface area (TPSA) is 66.8 Å². The van der Waals surface area contributed by atoms with Gasteiger partial charge in [-0.15, -0.1) is 0 Å². The van der Waals surface area contributed by atoms with E-state index in [2.05, 4.69) is 27.7 Å². The molecule has 0 amide bonds. The molecule has 7 unspecified atom stereocenters. The molecule has 31 heavy (non-hydrogen) atoms. The maximum atomic E-state index is 12.0. The molecule has 0 radical (unpaired) electrons. The Hall–Kier alpha value is -0.450. The molecule has 0 aromatic carbocycles. The molecule has 4 aliphatic carbocycles. The average molecular weight is 437 g/mol. The zero-order valence-corrected chi connectivity index (χ0v) is 20.7. The fourth-order valence-electron chi connectivity index (χ4n) is 8.54. The van der Waals surface area contributed by atoms with Crippen molar-refractivity contribution in [3.8, 4) is 0 Å². The number of ketones is 1. The van der Waals surface area contributed by atoms with Crippen LogP contribution in [-0.4, -0.2) is 42.4 Å². The first kappa shape index (κ1) is 25.2. The van der Waals surface area contributed by atoms with Gasteiger partial charge in [-0.25, -0.2) is 0 Å². The molecular weight excluding hydrogens is 388 g/mol. The summed E-state index contributed by atoms with van der Waals surface area (Å²) in [5, 5.41) is 19.4. The molecule has 0 aliphatic heterocycles. The Kier molecular flexibility index (Phi) is 8.30. The smallest absolute Gasteiger partial charge is 0.136 e. The van der Waals surface area contributed by atoms with Crippen molar-refractivity contribution in [1.82, 2.24) is 0 Å². The van der Waals surface area contributed by atoms with Gasteiger partial charge in [0.2, 0.25) is 0 Å². The van der Waals surface area contributed by atoms with Crippen LogP contribution in [0.5, 0.6) is 0 Å². The molecule has 0 spiro atoms. The number of carbonyl (C=O) groups is 1. The molecule has 180 valence electrons. The summed E-state index contributed by atoms with van der Waals surface area (Å²) in [7, 11) is 1.78. The first-order valence-corrected chi connectivity index (χ1v) is 13.0. The molecule has 2 N–H and O–H groups in total. The van der Waals surface area contributed by atoms with Gasteiger partial charge in [0.05, 0.1) is 6.10 Å². The molecule has 4 aliphatic rings. The van der Waals surface area contributed by atoms with Gasteiger partial charge in [-0.2, -0.15) is 0 Å². The van der Waals surface area contributed by atoms with Crippen LogP contribution in [0.2, 0.25) is 0 Å². The molecule has 0 aromatic heterocycles. The normalized spacial score (nSPS) is 44.1. The molecule has 4 heteroatoms. The highest BCUT2D eigenvalue weighted by Crippen LogP contribution is 2.58. The van der Waals surface area contributed by atoms with Crippen molar-refractivity contribution in [1.29, 1.82) is 0 Å². The Morgan fingerprint density at radius 2 is 1.61 bits per heavy atom. The Morgan fingerprint density at radius 1 is 0.968 bits per heavy atom. The second-order valence-corrected chi connectivity index (χ2v) is 11.9. The van der Waals surface area contributed by atoms with Crippen LogP contribution in [0.15, 0.2) is 0 Å². The van der Waals surface area contributed by atoms with E-state index >= 15 is 0 Å². The van der Waals surface area contributed by atoms with E-state index in [9.17, 15) is 15.0 Å². The lowest BCUT2D eigenvalue weighted by atomic mass is 9.62. The van der Waals surface area contributed by atoms with Crippen LogP contribution in [0.25, 0.3) is 0 Å². The first-order valence-electron chi connectivity index (χ1n) is 13.0. The van der Waals surface area contributed by atoms with Gasteiger partial charge < -0.3 is 14.9 Å². The number of aliphatic hydroxyl groups excluding tert-OH is 2. The van der Waals surface area contributed by atoms with E-state index in [4.69, 9.17) is 4.74 Å². The quantitative estimate of drug-likeness (QED) is 0.618. The number of Topliss-reactive ketones (excluding diaryl/α,β-unsaturated/α-hetero) is 1. The predicted octanol–water partition coefficient (Wildman–Crippen LogP) is 5.25. The van der Waals surface area contributed by atoms with Crippen LogP contribution in [0.1, 0.15) is 91.9 Å². The molecule has 0 bridgehead atoms. The number of fused-ring (bicyclic) bond motifs is 2. The monoisotopic (exact) mass is 436 g/mol. The fourth-order valence-corrected chi connectivity index (χ4v) is 8.54. The van der Waals surface area contributed by atoms with Crippen molar-refractivity contribution in [2.45, 2.75) is 98.0 Å². The highest BCUT2D eigenvalue weighted by Gasteiger charge is 2.53.